The molecule has 18 heavy (non-hydrogen) atoms. The second-order valence-electron chi connectivity index (χ2n) is 5.70. The number of carbonyl (C=O) groups excluding carboxylic acids is 1. The van der Waals surface area contributed by atoms with Gasteiger partial charge in [-0.15, -0.1) is 0 Å². The van der Waals surface area contributed by atoms with E-state index < -0.39 is 0 Å². The van der Waals surface area contributed by atoms with Gasteiger partial charge in [-0.2, -0.15) is 0 Å². The Morgan fingerprint density at radius 2 is 2.11 bits per heavy atom. The number of benzene rings is 1. The summed E-state index contributed by atoms with van der Waals surface area (Å²) in [6.07, 6.45) is 0.978. The standard InChI is InChI=1S/C15H21NO2/c1-10-9-15(3,4)16(11(2)17)14-8-12(18-5)6-7-13(10)14/h6-8,10H,9H2,1-5H3. The maximum Gasteiger partial charge on any atom is 0.224 e. The van der Waals surface area contributed by atoms with E-state index >= 15 is 0 Å². The van der Waals surface area contributed by atoms with Crippen LogP contribution in [0.1, 0.15) is 45.6 Å². The van der Waals surface area contributed by atoms with Gasteiger partial charge in [0.05, 0.1) is 12.8 Å². The molecule has 3 heteroatoms. The Balaban J connectivity index is 2.61. The van der Waals surface area contributed by atoms with Crippen LogP contribution in [0.25, 0.3) is 0 Å². The van der Waals surface area contributed by atoms with Crippen molar-refractivity contribution in [2.24, 2.45) is 0 Å². The number of amides is 1. The lowest BCUT2D eigenvalue weighted by atomic mass is 9.80. The number of rotatable bonds is 1. The highest BCUT2D eigenvalue weighted by atomic mass is 16.5. The van der Waals surface area contributed by atoms with Crippen LogP contribution in [0.5, 0.6) is 5.75 Å². The first-order valence-corrected chi connectivity index (χ1v) is 6.35. The minimum atomic E-state index is -0.148. The minimum absolute atomic E-state index is 0.0846. The molecular formula is C15H21NO2. The quantitative estimate of drug-likeness (QED) is 0.761. The van der Waals surface area contributed by atoms with Crippen molar-refractivity contribution in [3.63, 3.8) is 0 Å². The predicted molar refractivity (Wildman–Crippen MR) is 73.3 cm³/mol. The molecule has 98 valence electrons. The van der Waals surface area contributed by atoms with Crippen LogP contribution in [0.3, 0.4) is 0 Å². The van der Waals surface area contributed by atoms with Crippen molar-refractivity contribution in [3.8, 4) is 5.75 Å². The fraction of sp³-hybridized carbons (Fsp3) is 0.533. The maximum absolute atomic E-state index is 12.0. The van der Waals surface area contributed by atoms with Crippen molar-refractivity contribution < 1.29 is 9.53 Å². The molecule has 1 unspecified atom stereocenters. The molecule has 1 aliphatic rings. The second-order valence-corrected chi connectivity index (χ2v) is 5.70. The van der Waals surface area contributed by atoms with Crippen LogP contribution in [0.2, 0.25) is 0 Å². The number of nitrogens with zero attached hydrogens (tertiary/aromatic N) is 1. The van der Waals surface area contributed by atoms with Gasteiger partial charge < -0.3 is 9.64 Å². The van der Waals surface area contributed by atoms with E-state index in [2.05, 4.69) is 26.8 Å². The smallest absolute Gasteiger partial charge is 0.224 e. The van der Waals surface area contributed by atoms with E-state index in [0.717, 1.165) is 17.9 Å². The number of anilines is 1. The van der Waals surface area contributed by atoms with E-state index in [1.807, 2.05) is 17.0 Å². The van der Waals surface area contributed by atoms with Crippen molar-refractivity contribution in [3.05, 3.63) is 23.8 Å². The van der Waals surface area contributed by atoms with Gasteiger partial charge in [0.15, 0.2) is 0 Å². The Kier molecular flexibility index (Phi) is 3.09. The van der Waals surface area contributed by atoms with Gasteiger partial charge in [-0.25, -0.2) is 0 Å². The fourth-order valence-corrected chi connectivity index (χ4v) is 3.13. The first kappa shape index (κ1) is 12.9. The average Bonchev–Trinajstić information content (AvgIpc) is 2.26. The normalized spacial score (nSPS) is 21.4. The molecule has 0 aliphatic carbocycles. The molecule has 0 aromatic heterocycles. The van der Waals surface area contributed by atoms with Gasteiger partial charge >= 0.3 is 0 Å². The lowest BCUT2D eigenvalue weighted by Gasteiger charge is -2.45. The summed E-state index contributed by atoms with van der Waals surface area (Å²) in [5.41, 5.74) is 2.07. The molecule has 1 amide bonds. The van der Waals surface area contributed by atoms with Gasteiger partial charge in [0, 0.05) is 18.5 Å². The summed E-state index contributed by atoms with van der Waals surface area (Å²) in [6, 6.07) is 6.00. The topological polar surface area (TPSA) is 29.5 Å². The highest BCUT2D eigenvalue weighted by Crippen LogP contribution is 2.44. The Morgan fingerprint density at radius 1 is 1.44 bits per heavy atom. The van der Waals surface area contributed by atoms with Gasteiger partial charge in [-0.05, 0) is 37.8 Å². The third-order valence-electron chi connectivity index (χ3n) is 3.74. The fourth-order valence-electron chi connectivity index (χ4n) is 3.13. The molecule has 0 bridgehead atoms. The van der Waals surface area contributed by atoms with Crippen LogP contribution in [0.15, 0.2) is 18.2 Å². The molecule has 0 fully saturated rings. The Bertz CT molecular complexity index is 479. The first-order chi connectivity index (χ1) is 8.36. The molecular weight excluding hydrogens is 226 g/mol. The molecule has 0 saturated heterocycles. The lowest BCUT2D eigenvalue weighted by molar-refractivity contribution is -0.117. The zero-order valence-electron chi connectivity index (χ0n) is 11.8. The number of fused-ring (bicyclic) bond motifs is 1. The van der Waals surface area contributed by atoms with Crippen LogP contribution in [-0.4, -0.2) is 18.6 Å². The van der Waals surface area contributed by atoms with Gasteiger partial charge in [0.1, 0.15) is 5.75 Å². The van der Waals surface area contributed by atoms with Crippen molar-refractivity contribution in [2.45, 2.75) is 45.6 Å². The Labute approximate surface area is 109 Å². The Morgan fingerprint density at radius 3 is 2.67 bits per heavy atom. The molecule has 1 aromatic rings. The van der Waals surface area contributed by atoms with Gasteiger partial charge in [0.2, 0.25) is 5.91 Å². The van der Waals surface area contributed by atoms with E-state index in [9.17, 15) is 4.79 Å². The number of ether oxygens (including phenoxy) is 1. The van der Waals surface area contributed by atoms with Crippen molar-refractivity contribution in [1.82, 2.24) is 0 Å². The van der Waals surface area contributed by atoms with Crippen LogP contribution in [0, 0.1) is 0 Å². The summed E-state index contributed by atoms with van der Waals surface area (Å²) in [5.74, 6) is 1.34. The average molecular weight is 247 g/mol. The third kappa shape index (κ3) is 1.98. The summed E-state index contributed by atoms with van der Waals surface area (Å²) in [4.78, 5) is 13.9. The second kappa shape index (κ2) is 4.30. The van der Waals surface area contributed by atoms with Crippen LogP contribution < -0.4 is 9.64 Å². The molecule has 0 N–H and O–H groups in total. The summed E-state index contributed by atoms with van der Waals surface area (Å²) in [5, 5.41) is 0. The molecule has 2 rings (SSSR count). The summed E-state index contributed by atoms with van der Waals surface area (Å²) in [7, 11) is 1.65. The van der Waals surface area contributed by atoms with E-state index in [1.165, 1.54) is 5.56 Å². The minimum Gasteiger partial charge on any atom is -0.497 e. The Hall–Kier alpha value is -1.51. The van der Waals surface area contributed by atoms with Gasteiger partial charge in [0.25, 0.3) is 0 Å². The van der Waals surface area contributed by atoms with Crippen LogP contribution >= 0.6 is 0 Å². The summed E-state index contributed by atoms with van der Waals surface area (Å²) >= 11 is 0. The van der Waals surface area contributed by atoms with E-state index in [0.29, 0.717) is 5.92 Å². The van der Waals surface area contributed by atoms with E-state index in [1.54, 1.807) is 14.0 Å². The highest BCUT2D eigenvalue weighted by Gasteiger charge is 2.38. The predicted octanol–water partition coefficient (Wildman–Crippen LogP) is 3.33. The molecule has 1 aromatic carbocycles. The number of hydrogen-bond donors (Lipinski definition) is 0. The number of hydrogen-bond acceptors (Lipinski definition) is 2. The van der Waals surface area contributed by atoms with Gasteiger partial charge in [-0.3, -0.25) is 4.79 Å². The highest BCUT2D eigenvalue weighted by molar-refractivity contribution is 5.94. The summed E-state index contributed by atoms with van der Waals surface area (Å²) < 4.78 is 5.27. The number of methoxy groups -OCH3 is 1. The molecule has 1 heterocycles. The summed E-state index contributed by atoms with van der Waals surface area (Å²) in [6.45, 7) is 8.08. The SMILES string of the molecule is COc1ccc2c(c1)N(C(C)=O)C(C)(C)CC2C. The maximum atomic E-state index is 12.0. The molecule has 0 saturated carbocycles. The molecule has 1 aliphatic heterocycles. The van der Waals surface area contributed by atoms with Crippen LogP contribution in [-0.2, 0) is 4.79 Å². The zero-order valence-corrected chi connectivity index (χ0v) is 11.8. The number of carbonyl (C=O) groups is 1. The zero-order chi connectivity index (χ0) is 13.5. The lowest BCUT2D eigenvalue weighted by Crippen LogP contribution is -2.50. The van der Waals surface area contributed by atoms with E-state index in [-0.39, 0.29) is 11.4 Å². The van der Waals surface area contributed by atoms with E-state index in [4.69, 9.17) is 4.74 Å². The monoisotopic (exact) mass is 247 g/mol. The first-order valence-electron chi connectivity index (χ1n) is 6.35. The van der Waals surface area contributed by atoms with Crippen molar-refractivity contribution in [2.75, 3.05) is 12.0 Å². The van der Waals surface area contributed by atoms with Crippen molar-refractivity contribution >= 4 is 11.6 Å². The van der Waals surface area contributed by atoms with Crippen LogP contribution in [0.4, 0.5) is 5.69 Å². The molecule has 1 atom stereocenters. The third-order valence-corrected chi connectivity index (χ3v) is 3.74. The molecule has 0 radical (unpaired) electrons. The molecule has 3 nitrogen and oxygen atoms in total. The van der Waals surface area contributed by atoms with Crippen molar-refractivity contribution in [1.29, 1.82) is 0 Å². The van der Waals surface area contributed by atoms with Gasteiger partial charge in [-0.1, -0.05) is 13.0 Å². The molecule has 0 spiro atoms. The largest absolute Gasteiger partial charge is 0.497 e.